The van der Waals surface area contributed by atoms with Crippen LogP contribution in [0.5, 0.6) is 0 Å². The summed E-state index contributed by atoms with van der Waals surface area (Å²) in [5.74, 6) is -2.49. The number of rotatable bonds is 19. The minimum atomic E-state index is -4.19. The van der Waals surface area contributed by atoms with E-state index >= 15 is 0 Å². The molecule has 8 aromatic carbocycles. The number of imidazole rings is 2. The van der Waals surface area contributed by atoms with Gasteiger partial charge in [0.15, 0.2) is 0 Å². The van der Waals surface area contributed by atoms with Gasteiger partial charge in [0.25, 0.3) is 15.0 Å². The molecular formula is C87H97Cl12F2N11O16S4. The number of amides is 1. The number of nitrogens with zero attached hydrogens (tertiary/aromatic N) is 7. The molecule has 0 spiro atoms. The number of sulfonamides is 2. The van der Waals surface area contributed by atoms with Crippen LogP contribution in [-0.4, -0.2) is 196 Å². The number of fused-ring (bicyclic) bond motifs is 6. The first-order chi connectivity index (χ1) is 61.3. The van der Waals surface area contributed by atoms with Crippen molar-refractivity contribution in [1.29, 1.82) is 0 Å². The second-order valence-corrected chi connectivity index (χ2v) is 43.0. The molecule has 6 saturated heterocycles. The molecule has 718 valence electrons. The van der Waals surface area contributed by atoms with E-state index in [0.717, 1.165) is 111 Å². The molecule has 0 aliphatic carbocycles. The fourth-order valence-corrected chi connectivity index (χ4v) is 24.2. The van der Waals surface area contributed by atoms with Crippen molar-refractivity contribution in [2.45, 2.75) is 166 Å². The van der Waals surface area contributed by atoms with E-state index in [1.807, 2.05) is 22.9 Å². The van der Waals surface area contributed by atoms with Crippen molar-refractivity contribution in [2.75, 3.05) is 60.4 Å². The molecule has 16 rings (SSSR count). The average Bonchev–Trinajstić information content (AvgIpc) is 1.47. The summed E-state index contributed by atoms with van der Waals surface area (Å²) in [6.45, 7) is 9.17. The summed E-state index contributed by atoms with van der Waals surface area (Å²) in [6.07, 6.45) is 15.0. The van der Waals surface area contributed by atoms with Gasteiger partial charge in [-0.2, -0.15) is 8.42 Å². The van der Waals surface area contributed by atoms with Crippen LogP contribution in [-0.2, 0) is 49.3 Å². The highest BCUT2D eigenvalue weighted by atomic mass is 35.7. The van der Waals surface area contributed by atoms with Crippen LogP contribution in [0.2, 0.25) is 40.2 Å². The van der Waals surface area contributed by atoms with Crippen molar-refractivity contribution in [2.24, 2.45) is 5.73 Å². The molecule has 132 heavy (non-hydrogen) atoms. The molecule has 4 unspecified atom stereocenters. The SMILES string of the molecule is CN.CNS(=O)(=O)c1ccc(Cl)c(C(=O)N2CCC(CCN3C4CCC3CC(n3c(C)nc5ccccc53)C4)(c3cccc(F)c3)CC2)c1Cl.CNS(=O)(=O)c1ccc(Cl)c(C(=O)O)c1Cl.Cc1nc2ccccc2n1C1CC2CCC(C1)N2CCC1(c2cccc(F)c2)CCNCC1.Cl.Cl.O=C(O)c1c(Cl)ccc(S(=O)(=O)Cl)c1Cl.O=C(O)c1c(Cl)cccc1Cl.O=S(=O)(O)Cl. The number of likely N-dealkylation sites (tertiary alicyclic amines) is 1. The number of hydrogen-bond donors (Lipinski definition) is 8. The number of carbonyl (C=O) groups excluding carboxylic acids is 1. The Morgan fingerprint density at radius 3 is 1.14 bits per heavy atom. The van der Waals surface area contributed by atoms with Crippen molar-refractivity contribution < 1.29 is 81.5 Å². The molecule has 0 saturated carbocycles. The van der Waals surface area contributed by atoms with E-state index in [1.54, 1.807) is 35.2 Å². The van der Waals surface area contributed by atoms with Gasteiger partial charge in [-0.3, -0.25) is 19.1 Å². The fourth-order valence-electron chi connectivity index (χ4n) is 18.5. The van der Waals surface area contributed by atoms with Crippen LogP contribution in [0.4, 0.5) is 8.78 Å². The van der Waals surface area contributed by atoms with E-state index < -0.39 is 88.3 Å². The van der Waals surface area contributed by atoms with Crippen molar-refractivity contribution >= 4 is 223 Å². The molecule has 6 aliphatic rings. The lowest BCUT2D eigenvalue weighted by Crippen LogP contribution is -2.49. The Morgan fingerprint density at radius 2 is 0.788 bits per heavy atom. The summed E-state index contributed by atoms with van der Waals surface area (Å²) >= 11 is 46.5. The zero-order chi connectivity index (χ0) is 95.4. The number of nitrogens with two attached hydrogens (primary N) is 1. The third kappa shape index (κ3) is 26.5. The lowest BCUT2D eigenvalue weighted by Gasteiger charge is -2.45. The number of aromatic carboxylic acids is 3. The predicted octanol–water partition coefficient (Wildman–Crippen LogP) is 19.9. The van der Waals surface area contributed by atoms with Gasteiger partial charge >= 0.3 is 27.2 Å². The largest absolute Gasteiger partial charge is 0.478 e. The van der Waals surface area contributed by atoms with E-state index in [9.17, 15) is 53.2 Å². The normalized spacial score (nSPS) is 19.1. The van der Waals surface area contributed by atoms with Gasteiger partial charge in [0, 0.05) is 70.7 Å². The highest BCUT2D eigenvalue weighted by Crippen LogP contribution is 2.49. The standard InChI is InChI=1S/C36H40Cl2FN5O3S.C28H35FN4.C8H7Cl2NO4S.C7H3Cl3O4S.C7H4Cl2O2.CH5N.ClHO3S.2ClH/c1-23-41-30-8-3-4-9-31(30)44(23)28-21-26-10-11-27(22-28)43(26)19-16-36(24-6-5-7-25(39)20-24)14-17-42(18-15-36)35(45)33-29(37)12-13-32(34(33)38)48(46,47)40-2;1-20-31-26-7-2-3-8-27(26)33(20)25-18-23-9-10-24(19-25)32(23)16-13-28(11-14-30-15-12-28)21-5-4-6-22(29)17-21;1-11-16(14,15)5-3-2-4(9)6(7(5)10)8(12)13;8-3-1-2-4(15(10,13)14)6(9)5(3)7(11)12;8-4-2-1-3-5(9)6(4)7(10)11;1-2;1-5(2,3)4;;/h3-9,12-13,20,26-28,40H,10-11,14-19,21-22H2,1-2H3;2-8,17,23-25,30H,9-16,18-19H2,1H3;2-3,11H,1H3,(H,12,13);1-2H,(H,11,12);1-3H,(H,10,11);2H2,1H3;(H,2,3,4);2*1H. The predicted molar refractivity (Wildman–Crippen MR) is 519 cm³/mol. The Bertz CT molecular complexity index is 6270. The van der Waals surface area contributed by atoms with Crippen molar-refractivity contribution in [3.63, 3.8) is 0 Å². The van der Waals surface area contributed by atoms with Gasteiger partial charge in [-0.05, 0) is 270 Å². The highest BCUT2D eigenvalue weighted by molar-refractivity contribution is 8.13. The van der Waals surface area contributed by atoms with Gasteiger partial charge in [-0.1, -0.05) is 147 Å². The van der Waals surface area contributed by atoms with Crippen LogP contribution in [0.1, 0.15) is 166 Å². The summed E-state index contributed by atoms with van der Waals surface area (Å²) in [5.41, 5.74) is 10.1. The van der Waals surface area contributed by atoms with Gasteiger partial charge in [-0.15, -0.1) is 24.8 Å². The Kier molecular flexibility index (Phi) is 40.0. The van der Waals surface area contributed by atoms with Crippen LogP contribution in [0.25, 0.3) is 22.1 Å². The second kappa shape index (κ2) is 47.7. The molecule has 45 heteroatoms. The summed E-state index contributed by atoms with van der Waals surface area (Å²) in [4.78, 5) is 61.7. The number of aromatic nitrogens is 4. The van der Waals surface area contributed by atoms with Crippen LogP contribution < -0.4 is 20.5 Å². The number of aryl methyl sites for hydroxylation is 2. The smallest absolute Gasteiger partial charge is 0.353 e. The maximum Gasteiger partial charge on any atom is 0.353 e. The molecule has 4 bridgehead atoms. The van der Waals surface area contributed by atoms with Crippen molar-refractivity contribution in [1.82, 2.24) is 48.6 Å². The Balaban J connectivity index is 0.000000220. The number of piperidine rings is 4. The zero-order valence-corrected chi connectivity index (χ0v) is 83.9. The molecule has 6 aliphatic heterocycles. The van der Waals surface area contributed by atoms with Gasteiger partial charge in [0.2, 0.25) is 20.0 Å². The molecular weight excluding hydrogens is 2050 g/mol. The lowest BCUT2D eigenvalue weighted by molar-refractivity contribution is 0.0604. The van der Waals surface area contributed by atoms with Crippen molar-refractivity contribution in [3.05, 3.63) is 249 Å². The number of benzene rings is 8. The van der Waals surface area contributed by atoms with Gasteiger partial charge in [0.1, 0.15) is 38.0 Å². The number of hydrogen-bond acceptors (Lipinski definition) is 18. The number of para-hydroxylation sites is 4. The summed E-state index contributed by atoms with van der Waals surface area (Å²) in [5, 5.41) is 28.7. The fraction of sp³-hybridized carbons (Fsp3) is 0.379. The maximum atomic E-state index is 14.7. The van der Waals surface area contributed by atoms with Gasteiger partial charge < -0.3 is 40.4 Å². The van der Waals surface area contributed by atoms with Gasteiger partial charge in [-0.25, -0.2) is 67.8 Å². The first-order valence-corrected chi connectivity index (χ1v) is 51.4. The number of nitrogens with one attached hydrogen (secondary N) is 3. The molecule has 27 nitrogen and oxygen atoms in total. The number of halogens is 14. The molecule has 1 amide bonds. The minimum Gasteiger partial charge on any atom is -0.478 e. The Hall–Kier alpha value is -6.56. The lowest BCUT2D eigenvalue weighted by atomic mass is 9.70. The van der Waals surface area contributed by atoms with Crippen molar-refractivity contribution in [3.8, 4) is 0 Å². The van der Waals surface area contributed by atoms with E-state index in [4.69, 9.17) is 142 Å². The Morgan fingerprint density at radius 1 is 0.462 bits per heavy atom. The first kappa shape index (κ1) is 111. The van der Waals surface area contributed by atoms with E-state index in [-0.39, 0.29) is 98.3 Å². The van der Waals surface area contributed by atoms with E-state index in [2.05, 4.69) is 108 Å². The first-order valence-electron chi connectivity index (χ1n) is 40.9. The molecule has 4 atom stereocenters. The third-order valence-electron chi connectivity index (χ3n) is 24.5. The Labute approximate surface area is 826 Å². The summed E-state index contributed by atoms with van der Waals surface area (Å²) in [6, 6.07) is 46.2. The molecule has 2 aromatic heterocycles. The number of carboxylic acid groups (broad SMARTS) is 3. The molecule has 8 heterocycles. The molecule has 6 fully saturated rings. The van der Waals surface area contributed by atoms with Crippen LogP contribution in [0.15, 0.2) is 166 Å². The summed E-state index contributed by atoms with van der Waals surface area (Å²) < 4.78 is 133. The quantitative estimate of drug-likeness (QED) is 0.0275. The molecule has 10 aromatic rings. The number of carboxylic acids is 3. The van der Waals surface area contributed by atoms with Crippen LogP contribution in [0, 0.1) is 25.5 Å². The minimum absolute atomic E-state index is 0. The second-order valence-electron chi connectivity index (χ2n) is 31.6. The molecule has 0 radical (unpaired) electrons. The molecule has 9 N–H and O–H groups in total. The maximum absolute atomic E-state index is 14.7. The van der Waals surface area contributed by atoms with Gasteiger partial charge in [0.05, 0.1) is 84.5 Å². The topological polar surface area (TPSA) is 393 Å². The van der Waals surface area contributed by atoms with Crippen LogP contribution >= 0.6 is 139 Å². The zero-order valence-electron chi connectivity index (χ0n) is 71.4. The summed E-state index contributed by atoms with van der Waals surface area (Å²) in [7, 11) is -2.90. The number of carbonyl (C=O) groups is 4. The third-order valence-corrected chi connectivity index (χ3v) is 31.9. The monoisotopic (exact) mass is 2140 g/mol. The van der Waals surface area contributed by atoms with Crippen LogP contribution in [0.3, 0.4) is 0 Å². The van der Waals surface area contributed by atoms with E-state index in [1.165, 1.54) is 113 Å². The van der Waals surface area contributed by atoms with E-state index in [0.29, 0.717) is 62.2 Å². The highest BCUT2D eigenvalue weighted by Gasteiger charge is 2.47. The average molecular weight is 2140 g/mol.